The highest BCUT2D eigenvalue weighted by Crippen LogP contribution is 2.34. The zero-order valence-electron chi connectivity index (χ0n) is 11.3. The highest BCUT2D eigenvalue weighted by atomic mass is 16.2. The van der Waals surface area contributed by atoms with Crippen LogP contribution >= 0.6 is 0 Å². The molecule has 1 atom stereocenters. The third-order valence-electron chi connectivity index (χ3n) is 3.30. The van der Waals surface area contributed by atoms with Gasteiger partial charge in [-0.05, 0) is 46.5 Å². The number of carbonyl (C=O) groups excluding carboxylic acids is 1. The molecule has 1 N–H and O–H groups in total. The van der Waals surface area contributed by atoms with E-state index in [0.717, 1.165) is 12.5 Å². The maximum absolute atomic E-state index is 11.9. The molecule has 0 aromatic rings. The van der Waals surface area contributed by atoms with E-state index in [0.29, 0.717) is 12.5 Å². The van der Waals surface area contributed by atoms with E-state index in [1.807, 2.05) is 11.9 Å². The molecule has 0 spiro atoms. The quantitative estimate of drug-likeness (QED) is 0.778. The Balaban J connectivity index is 2.23. The van der Waals surface area contributed by atoms with Gasteiger partial charge < -0.3 is 10.2 Å². The van der Waals surface area contributed by atoms with E-state index < -0.39 is 0 Å². The standard InChI is InChI=1S/C13H26N2O/c1-10(11-6-7-11)15(5)12(16)8-9-14-13(2,3)4/h10-11,14H,6-9H2,1-5H3. The molecular formula is C13H26N2O. The van der Waals surface area contributed by atoms with Gasteiger partial charge in [0.2, 0.25) is 5.91 Å². The summed E-state index contributed by atoms with van der Waals surface area (Å²) in [5.41, 5.74) is 0.0982. The molecule has 0 heterocycles. The Morgan fingerprint density at radius 1 is 1.44 bits per heavy atom. The van der Waals surface area contributed by atoms with Crippen LogP contribution in [-0.4, -0.2) is 36.0 Å². The van der Waals surface area contributed by atoms with Gasteiger partial charge in [0.05, 0.1) is 0 Å². The van der Waals surface area contributed by atoms with Crippen LogP contribution in [0, 0.1) is 5.92 Å². The lowest BCUT2D eigenvalue weighted by atomic mass is 10.1. The van der Waals surface area contributed by atoms with E-state index in [1.54, 1.807) is 0 Å². The Morgan fingerprint density at radius 2 is 2.00 bits per heavy atom. The van der Waals surface area contributed by atoms with Crippen LogP contribution in [-0.2, 0) is 4.79 Å². The second-order valence-corrected chi connectivity index (χ2v) is 6.01. The first-order valence-electron chi connectivity index (χ1n) is 6.32. The van der Waals surface area contributed by atoms with E-state index in [1.165, 1.54) is 12.8 Å². The predicted molar refractivity (Wildman–Crippen MR) is 67.3 cm³/mol. The van der Waals surface area contributed by atoms with Crippen LogP contribution in [0.3, 0.4) is 0 Å². The van der Waals surface area contributed by atoms with Crippen molar-refractivity contribution in [2.75, 3.05) is 13.6 Å². The molecule has 3 heteroatoms. The minimum atomic E-state index is 0.0982. The molecule has 0 aromatic carbocycles. The molecule has 1 fully saturated rings. The van der Waals surface area contributed by atoms with E-state index >= 15 is 0 Å². The molecule has 3 nitrogen and oxygen atoms in total. The van der Waals surface area contributed by atoms with Gasteiger partial charge in [0.25, 0.3) is 0 Å². The first-order chi connectivity index (χ1) is 7.31. The van der Waals surface area contributed by atoms with Gasteiger partial charge >= 0.3 is 0 Å². The largest absolute Gasteiger partial charge is 0.343 e. The molecule has 0 aromatic heterocycles. The van der Waals surface area contributed by atoms with Crippen molar-refractivity contribution >= 4 is 5.91 Å². The average molecular weight is 226 g/mol. The number of nitrogens with one attached hydrogen (secondary N) is 1. The van der Waals surface area contributed by atoms with Crippen LogP contribution in [0.5, 0.6) is 0 Å². The molecule has 1 aliphatic carbocycles. The molecule has 94 valence electrons. The van der Waals surface area contributed by atoms with Crippen molar-refractivity contribution in [1.29, 1.82) is 0 Å². The Morgan fingerprint density at radius 3 is 2.44 bits per heavy atom. The fourth-order valence-corrected chi connectivity index (χ4v) is 1.84. The molecule has 0 radical (unpaired) electrons. The minimum absolute atomic E-state index is 0.0982. The van der Waals surface area contributed by atoms with Gasteiger partial charge in [-0.3, -0.25) is 4.79 Å². The summed E-state index contributed by atoms with van der Waals surface area (Å²) in [4.78, 5) is 13.8. The second kappa shape index (κ2) is 5.17. The zero-order valence-corrected chi connectivity index (χ0v) is 11.3. The van der Waals surface area contributed by atoms with Crippen LogP contribution in [0.4, 0.5) is 0 Å². The molecule has 0 saturated heterocycles. The van der Waals surface area contributed by atoms with Crippen LogP contribution in [0.25, 0.3) is 0 Å². The molecule has 1 unspecified atom stereocenters. The zero-order chi connectivity index (χ0) is 12.3. The topological polar surface area (TPSA) is 32.3 Å². The molecule has 0 bridgehead atoms. The van der Waals surface area contributed by atoms with E-state index in [4.69, 9.17) is 0 Å². The summed E-state index contributed by atoms with van der Waals surface area (Å²) in [6.07, 6.45) is 3.18. The molecule has 16 heavy (non-hydrogen) atoms. The van der Waals surface area contributed by atoms with Gasteiger partial charge in [-0.2, -0.15) is 0 Å². The number of amides is 1. The van der Waals surface area contributed by atoms with Gasteiger partial charge in [0, 0.05) is 31.6 Å². The number of nitrogens with zero attached hydrogens (tertiary/aromatic N) is 1. The summed E-state index contributed by atoms with van der Waals surface area (Å²) in [7, 11) is 1.93. The normalized spacial score (nSPS) is 18.3. The van der Waals surface area contributed by atoms with Crippen molar-refractivity contribution in [2.24, 2.45) is 5.92 Å². The number of hydrogen-bond acceptors (Lipinski definition) is 2. The number of carbonyl (C=O) groups is 1. The smallest absolute Gasteiger partial charge is 0.223 e. The molecule has 1 rings (SSSR count). The van der Waals surface area contributed by atoms with Gasteiger partial charge in [-0.1, -0.05) is 0 Å². The lowest BCUT2D eigenvalue weighted by molar-refractivity contribution is -0.132. The van der Waals surface area contributed by atoms with Gasteiger partial charge in [-0.25, -0.2) is 0 Å². The molecule has 0 aliphatic heterocycles. The summed E-state index contributed by atoms with van der Waals surface area (Å²) in [5, 5.41) is 3.34. The maximum Gasteiger partial charge on any atom is 0.223 e. The SMILES string of the molecule is CC(C1CC1)N(C)C(=O)CCNC(C)(C)C. The summed E-state index contributed by atoms with van der Waals surface area (Å²) in [5.74, 6) is 1.01. The summed E-state index contributed by atoms with van der Waals surface area (Å²) in [6.45, 7) is 9.28. The van der Waals surface area contributed by atoms with Gasteiger partial charge in [0.15, 0.2) is 0 Å². The van der Waals surface area contributed by atoms with E-state index in [9.17, 15) is 4.79 Å². The molecule has 1 saturated carbocycles. The summed E-state index contributed by atoms with van der Waals surface area (Å²) < 4.78 is 0. The Bertz CT molecular complexity index is 241. The van der Waals surface area contributed by atoms with Crippen LogP contribution < -0.4 is 5.32 Å². The van der Waals surface area contributed by atoms with Crippen molar-refractivity contribution in [3.63, 3.8) is 0 Å². The van der Waals surface area contributed by atoms with Crippen molar-refractivity contribution in [3.05, 3.63) is 0 Å². The van der Waals surface area contributed by atoms with Crippen LogP contribution in [0.2, 0.25) is 0 Å². The molecule has 1 aliphatic rings. The Hall–Kier alpha value is -0.570. The predicted octanol–water partition coefficient (Wildman–Crippen LogP) is 2.02. The van der Waals surface area contributed by atoms with Crippen molar-refractivity contribution in [3.8, 4) is 0 Å². The van der Waals surface area contributed by atoms with Crippen molar-refractivity contribution < 1.29 is 4.79 Å². The van der Waals surface area contributed by atoms with Crippen LogP contribution in [0.15, 0.2) is 0 Å². The van der Waals surface area contributed by atoms with Crippen molar-refractivity contribution in [1.82, 2.24) is 10.2 Å². The first kappa shape index (κ1) is 13.5. The molecule has 1 amide bonds. The summed E-state index contributed by atoms with van der Waals surface area (Å²) >= 11 is 0. The van der Waals surface area contributed by atoms with E-state index in [2.05, 4.69) is 33.0 Å². The van der Waals surface area contributed by atoms with Gasteiger partial charge in [0.1, 0.15) is 0 Å². The lowest BCUT2D eigenvalue weighted by Crippen LogP contribution is -2.41. The number of rotatable bonds is 5. The van der Waals surface area contributed by atoms with Crippen LogP contribution in [0.1, 0.15) is 47.0 Å². The minimum Gasteiger partial charge on any atom is -0.343 e. The Labute approximate surface area is 99.6 Å². The highest BCUT2D eigenvalue weighted by Gasteiger charge is 2.32. The monoisotopic (exact) mass is 226 g/mol. The fraction of sp³-hybridized carbons (Fsp3) is 0.923. The Kier molecular flexibility index (Phi) is 4.36. The highest BCUT2D eigenvalue weighted by molar-refractivity contribution is 5.76. The average Bonchev–Trinajstić information content (AvgIpc) is 2.96. The van der Waals surface area contributed by atoms with E-state index in [-0.39, 0.29) is 11.4 Å². The number of hydrogen-bond donors (Lipinski definition) is 1. The third-order valence-corrected chi connectivity index (χ3v) is 3.30. The third kappa shape index (κ3) is 4.52. The maximum atomic E-state index is 11.9. The second-order valence-electron chi connectivity index (χ2n) is 6.01. The summed E-state index contributed by atoms with van der Waals surface area (Å²) in [6, 6.07) is 0.419. The first-order valence-corrected chi connectivity index (χ1v) is 6.32. The fourth-order valence-electron chi connectivity index (χ4n) is 1.84. The molecular weight excluding hydrogens is 200 g/mol. The lowest BCUT2D eigenvalue weighted by Gasteiger charge is -2.26. The van der Waals surface area contributed by atoms with Crippen molar-refractivity contribution in [2.45, 2.75) is 58.5 Å². The van der Waals surface area contributed by atoms with Gasteiger partial charge in [-0.15, -0.1) is 0 Å².